The Morgan fingerprint density at radius 1 is 1.32 bits per heavy atom. The third kappa shape index (κ3) is 8.61. The van der Waals surface area contributed by atoms with Crippen LogP contribution in [0.4, 0.5) is 0 Å². The molecule has 1 N–H and O–H groups in total. The summed E-state index contributed by atoms with van der Waals surface area (Å²) in [5.41, 5.74) is 0. The number of hydrogen-bond donors (Lipinski definition) is 1. The van der Waals surface area contributed by atoms with E-state index in [1.54, 1.807) is 11.8 Å². The van der Waals surface area contributed by atoms with Gasteiger partial charge >= 0.3 is 0 Å². The molecule has 0 unspecified atom stereocenters. The average molecular weight is 482 g/mol. The highest BCUT2D eigenvalue weighted by Crippen LogP contribution is 2.16. The van der Waals surface area contributed by atoms with Gasteiger partial charge < -0.3 is 14.8 Å². The average Bonchev–Trinajstić information content (AvgIpc) is 2.93. The summed E-state index contributed by atoms with van der Waals surface area (Å²) in [6.45, 7) is 9.58. The van der Waals surface area contributed by atoms with Crippen LogP contribution in [-0.2, 0) is 13.0 Å². The van der Waals surface area contributed by atoms with Gasteiger partial charge in [-0.1, -0.05) is 39.0 Å². The molecule has 8 heteroatoms. The normalized spacial score (nSPS) is 11.6. The van der Waals surface area contributed by atoms with Crippen molar-refractivity contribution in [3.63, 3.8) is 0 Å². The number of aliphatic imine (C=N–C) groups is 1. The van der Waals surface area contributed by atoms with Crippen molar-refractivity contribution < 1.29 is 0 Å². The first-order valence-electron chi connectivity index (χ1n) is 8.91. The number of hydrogen-bond acceptors (Lipinski definition) is 4. The first-order chi connectivity index (χ1) is 11.5. The minimum Gasteiger partial charge on any atom is -0.356 e. The predicted molar refractivity (Wildman–Crippen MR) is 119 cm³/mol. The molecule has 0 atom stereocenters. The van der Waals surface area contributed by atoms with E-state index in [1.165, 1.54) is 12.8 Å². The number of rotatable bonds is 10. The highest BCUT2D eigenvalue weighted by atomic mass is 127. The van der Waals surface area contributed by atoms with Crippen LogP contribution in [0.5, 0.6) is 0 Å². The van der Waals surface area contributed by atoms with Crippen molar-refractivity contribution in [2.75, 3.05) is 33.4 Å². The molecule has 0 spiro atoms. The highest BCUT2D eigenvalue weighted by molar-refractivity contribution is 14.0. The molecule has 1 rings (SSSR count). The molecule has 0 radical (unpaired) electrons. The van der Waals surface area contributed by atoms with Crippen molar-refractivity contribution >= 4 is 41.7 Å². The molecule has 0 saturated heterocycles. The number of guanidine groups is 1. The maximum atomic E-state index is 4.38. The first-order valence-corrected chi connectivity index (χ1v) is 10.1. The lowest BCUT2D eigenvalue weighted by Crippen LogP contribution is -2.39. The van der Waals surface area contributed by atoms with Gasteiger partial charge in [-0.15, -0.1) is 34.2 Å². The summed E-state index contributed by atoms with van der Waals surface area (Å²) in [4.78, 5) is 6.55. The predicted octanol–water partition coefficient (Wildman–Crippen LogP) is 3.51. The van der Waals surface area contributed by atoms with E-state index in [9.17, 15) is 0 Å². The highest BCUT2D eigenvalue weighted by Gasteiger charge is 2.12. The van der Waals surface area contributed by atoms with Crippen LogP contribution in [0.25, 0.3) is 0 Å². The fourth-order valence-electron chi connectivity index (χ4n) is 2.54. The molecular formula is C17H35IN6S. The fourth-order valence-corrected chi connectivity index (χ4v) is 3.06. The van der Waals surface area contributed by atoms with Crippen molar-refractivity contribution in [3.05, 3.63) is 5.82 Å². The summed E-state index contributed by atoms with van der Waals surface area (Å²) in [5.74, 6) is 2.65. The van der Waals surface area contributed by atoms with Crippen molar-refractivity contribution in [3.8, 4) is 0 Å². The molecule has 1 heterocycles. The van der Waals surface area contributed by atoms with Crippen molar-refractivity contribution in [1.82, 2.24) is 25.0 Å². The summed E-state index contributed by atoms with van der Waals surface area (Å²) < 4.78 is 2.26. The second-order valence-corrected chi connectivity index (χ2v) is 7.23. The summed E-state index contributed by atoms with van der Waals surface area (Å²) in [6, 6.07) is 0. The molecule has 1 aromatic rings. The van der Waals surface area contributed by atoms with Crippen molar-refractivity contribution in [1.29, 1.82) is 0 Å². The molecule has 0 aliphatic rings. The molecule has 0 bridgehead atoms. The van der Waals surface area contributed by atoms with Crippen LogP contribution >= 0.6 is 35.7 Å². The van der Waals surface area contributed by atoms with Crippen LogP contribution in [0.3, 0.4) is 0 Å². The van der Waals surface area contributed by atoms with Crippen LogP contribution in [0.15, 0.2) is 10.1 Å². The van der Waals surface area contributed by atoms with Gasteiger partial charge in [0.15, 0.2) is 11.1 Å². The zero-order valence-corrected chi connectivity index (χ0v) is 19.7. The van der Waals surface area contributed by atoms with Gasteiger partial charge in [0, 0.05) is 40.2 Å². The molecule has 1 aromatic heterocycles. The van der Waals surface area contributed by atoms with Crippen molar-refractivity contribution in [2.45, 2.75) is 58.2 Å². The molecular weight excluding hydrogens is 447 g/mol. The number of aromatic nitrogens is 3. The van der Waals surface area contributed by atoms with E-state index in [2.05, 4.69) is 64.0 Å². The van der Waals surface area contributed by atoms with Gasteiger partial charge in [-0.2, -0.15) is 0 Å². The maximum absolute atomic E-state index is 4.38. The third-order valence-corrected chi connectivity index (χ3v) is 4.47. The molecule has 25 heavy (non-hydrogen) atoms. The standard InChI is InChI=1S/C17H34N6S.HI/c1-7-8-12-22(5)16(18-4)19-11-9-10-15-20-21-17(24-6)23(15)13-14(2)3;/h14H,7-13H2,1-6H3,(H,18,19);1H. The SMILES string of the molecule is CCCCN(C)C(=NC)NCCCc1nnc(SC)n1CC(C)C.I. The lowest BCUT2D eigenvalue weighted by Gasteiger charge is -2.21. The Morgan fingerprint density at radius 3 is 2.60 bits per heavy atom. The van der Waals surface area contributed by atoms with Crippen LogP contribution in [0, 0.1) is 5.92 Å². The second-order valence-electron chi connectivity index (χ2n) is 6.46. The monoisotopic (exact) mass is 482 g/mol. The summed E-state index contributed by atoms with van der Waals surface area (Å²) in [5, 5.41) is 13.1. The van der Waals surface area contributed by atoms with E-state index in [0.29, 0.717) is 5.92 Å². The van der Waals surface area contributed by atoms with E-state index < -0.39 is 0 Å². The Balaban J connectivity index is 0.00000576. The Labute approximate surface area is 174 Å². The number of nitrogens with one attached hydrogen (secondary N) is 1. The Morgan fingerprint density at radius 2 is 2.04 bits per heavy atom. The Kier molecular flexibility index (Phi) is 13.4. The van der Waals surface area contributed by atoms with E-state index in [0.717, 1.165) is 49.4 Å². The third-order valence-electron chi connectivity index (χ3n) is 3.80. The van der Waals surface area contributed by atoms with Gasteiger partial charge in [-0.3, -0.25) is 4.99 Å². The minimum atomic E-state index is 0. The van der Waals surface area contributed by atoms with E-state index in [4.69, 9.17) is 0 Å². The van der Waals surface area contributed by atoms with Gasteiger partial charge in [-0.25, -0.2) is 0 Å². The Bertz CT molecular complexity index is 503. The molecule has 6 nitrogen and oxygen atoms in total. The van der Waals surface area contributed by atoms with Gasteiger partial charge in [0.25, 0.3) is 0 Å². The molecule has 0 amide bonds. The van der Waals surface area contributed by atoms with E-state index in [-0.39, 0.29) is 24.0 Å². The topological polar surface area (TPSA) is 58.3 Å². The van der Waals surface area contributed by atoms with Crippen LogP contribution in [-0.4, -0.2) is 59.1 Å². The van der Waals surface area contributed by atoms with Crippen LogP contribution in [0.1, 0.15) is 45.9 Å². The number of halogens is 1. The number of thioether (sulfide) groups is 1. The zero-order chi connectivity index (χ0) is 17.9. The maximum Gasteiger partial charge on any atom is 0.193 e. The lowest BCUT2D eigenvalue weighted by atomic mass is 10.2. The smallest absolute Gasteiger partial charge is 0.193 e. The number of aryl methyl sites for hydroxylation is 1. The molecule has 0 saturated carbocycles. The number of nitrogens with zero attached hydrogens (tertiary/aromatic N) is 5. The summed E-state index contributed by atoms with van der Waals surface area (Å²) in [6.07, 6.45) is 6.40. The summed E-state index contributed by atoms with van der Waals surface area (Å²) >= 11 is 1.67. The molecule has 146 valence electrons. The molecule has 0 fully saturated rings. The minimum absolute atomic E-state index is 0. The van der Waals surface area contributed by atoms with Gasteiger partial charge in [0.1, 0.15) is 5.82 Å². The largest absolute Gasteiger partial charge is 0.356 e. The molecule has 0 aromatic carbocycles. The zero-order valence-electron chi connectivity index (χ0n) is 16.6. The lowest BCUT2D eigenvalue weighted by molar-refractivity contribution is 0.461. The van der Waals surface area contributed by atoms with Crippen LogP contribution in [0.2, 0.25) is 0 Å². The first kappa shape index (κ1) is 24.5. The molecule has 0 aliphatic carbocycles. The van der Waals surface area contributed by atoms with Gasteiger partial charge in [0.05, 0.1) is 0 Å². The van der Waals surface area contributed by atoms with Crippen LogP contribution < -0.4 is 5.32 Å². The van der Waals surface area contributed by atoms with Gasteiger partial charge in [-0.05, 0) is 25.0 Å². The quantitative estimate of drug-likeness (QED) is 0.182. The summed E-state index contributed by atoms with van der Waals surface area (Å²) in [7, 11) is 3.93. The van der Waals surface area contributed by atoms with Gasteiger partial charge in [0.2, 0.25) is 0 Å². The van der Waals surface area contributed by atoms with Crippen molar-refractivity contribution in [2.24, 2.45) is 10.9 Å². The second kappa shape index (κ2) is 13.7. The number of unbranched alkanes of at least 4 members (excludes halogenated alkanes) is 1. The van der Waals surface area contributed by atoms with E-state index >= 15 is 0 Å². The Hall–Kier alpha value is -0.510. The van der Waals surface area contributed by atoms with E-state index in [1.807, 2.05) is 7.05 Å². The fraction of sp³-hybridized carbons (Fsp3) is 0.824. The molecule has 0 aliphatic heterocycles.